The molecule has 2 aliphatic carbocycles. The van der Waals surface area contributed by atoms with Crippen molar-refractivity contribution >= 4 is 46.6 Å². The summed E-state index contributed by atoms with van der Waals surface area (Å²) in [5.74, 6) is -0.733. The van der Waals surface area contributed by atoms with Crippen molar-refractivity contribution < 1.29 is 14.4 Å². The summed E-state index contributed by atoms with van der Waals surface area (Å²) in [6, 6.07) is 15.0. The third kappa shape index (κ3) is 3.12. The Morgan fingerprint density at radius 1 is 0.967 bits per heavy atom. The molecule has 3 aliphatic rings. The van der Waals surface area contributed by atoms with Crippen molar-refractivity contribution in [3.63, 3.8) is 0 Å². The molecule has 0 spiro atoms. The Morgan fingerprint density at radius 3 is 2.43 bits per heavy atom. The van der Waals surface area contributed by atoms with Gasteiger partial charge in [0.25, 0.3) is 0 Å². The highest BCUT2D eigenvalue weighted by atomic mass is 35.5. The molecule has 0 aromatic heterocycles. The summed E-state index contributed by atoms with van der Waals surface area (Å²) >= 11 is 11.9. The van der Waals surface area contributed by atoms with Crippen molar-refractivity contribution in [3.05, 3.63) is 64.1 Å². The molecule has 1 heterocycles. The van der Waals surface area contributed by atoms with Gasteiger partial charge in [-0.25, -0.2) is 0 Å². The fourth-order valence-electron chi connectivity index (χ4n) is 5.68. The molecule has 154 valence electrons. The number of rotatable bonds is 4. The van der Waals surface area contributed by atoms with Crippen LogP contribution in [0.4, 0.5) is 5.69 Å². The molecule has 5 rings (SSSR count). The van der Waals surface area contributed by atoms with Crippen LogP contribution in [0.25, 0.3) is 0 Å². The summed E-state index contributed by atoms with van der Waals surface area (Å²) in [6.45, 7) is -0.277. The molecule has 3 amide bonds. The SMILES string of the molecule is O=C(CN1C(=O)[C@@H]2[C@H]3C[C@@H]([C@@H]2C1=O)[C@H](c1ccccc1)C3)Nc1ccc(Cl)c(Cl)c1. The predicted molar refractivity (Wildman–Crippen MR) is 114 cm³/mol. The molecule has 5 nitrogen and oxygen atoms in total. The van der Waals surface area contributed by atoms with Crippen LogP contribution in [0.15, 0.2) is 48.5 Å². The van der Waals surface area contributed by atoms with E-state index in [0.29, 0.717) is 21.7 Å². The van der Waals surface area contributed by atoms with Crippen LogP contribution in [0.3, 0.4) is 0 Å². The molecule has 0 radical (unpaired) electrons. The Bertz CT molecular complexity index is 1040. The maximum absolute atomic E-state index is 13.1. The van der Waals surface area contributed by atoms with E-state index in [9.17, 15) is 14.4 Å². The lowest BCUT2D eigenvalue weighted by atomic mass is 9.73. The molecular formula is C23H20Cl2N2O3. The third-order valence-electron chi connectivity index (χ3n) is 6.84. The number of nitrogens with zero attached hydrogens (tertiary/aromatic N) is 1. The number of likely N-dealkylation sites (tertiary alicyclic amines) is 1. The van der Waals surface area contributed by atoms with Crippen LogP contribution in [-0.2, 0) is 14.4 Å². The Morgan fingerprint density at radius 2 is 1.70 bits per heavy atom. The number of anilines is 1. The molecule has 2 aromatic carbocycles. The van der Waals surface area contributed by atoms with E-state index in [2.05, 4.69) is 17.4 Å². The van der Waals surface area contributed by atoms with Gasteiger partial charge in [0.15, 0.2) is 0 Å². The molecule has 3 fully saturated rings. The lowest BCUT2D eigenvalue weighted by Crippen LogP contribution is -2.39. The zero-order chi connectivity index (χ0) is 21.0. The minimum absolute atomic E-state index is 0.169. The Hall–Kier alpha value is -2.37. The van der Waals surface area contributed by atoms with Crippen molar-refractivity contribution in [2.75, 3.05) is 11.9 Å². The van der Waals surface area contributed by atoms with E-state index in [4.69, 9.17) is 23.2 Å². The van der Waals surface area contributed by atoms with E-state index in [-0.39, 0.29) is 42.0 Å². The minimum Gasteiger partial charge on any atom is -0.324 e. The zero-order valence-corrected chi connectivity index (χ0v) is 17.6. The highest BCUT2D eigenvalue weighted by molar-refractivity contribution is 6.42. The second kappa shape index (κ2) is 7.40. The van der Waals surface area contributed by atoms with Crippen LogP contribution in [0.5, 0.6) is 0 Å². The molecule has 7 heteroatoms. The van der Waals surface area contributed by atoms with Crippen LogP contribution >= 0.6 is 23.2 Å². The maximum Gasteiger partial charge on any atom is 0.244 e. The predicted octanol–water partition coefficient (Wildman–Crippen LogP) is 4.36. The summed E-state index contributed by atoms with van der Waals surface area (Å²) in [4.78, 5) is 39.8. The average Bonchev–Trinajstić information content (AvgIpc) is 3.39. The molecule has 5 atom stereocenters. The van der Waals surface area contributed by atoms with E-state index in [1.807, 2.05) is 18.2 Å². The average molecular weight is 443 g/mol. The second-order valence-electron chi connectivity index (χ2n) is 8.40. The molecule has 1 saturated heterocycles. The van der Waals surface area contributed by atoms with Crippen molar-refractivity contribution in [1.29, 1.82) is 0 Å². The van der Waals surface area contributed by atoms with Gasteiger partial charge in [-0.15, -0.1) is 0 Å². The van der Waals surface area contributed by atoms with Crippen LogP contribution in [-0.4, -0.2) is 29.2 Å². The first-order valence-electron chi connectivity index (χ1n) is 10.1. The van der Waals surface area contributed by atoms with Crippen LogP contribution in [0.1, 0.15) is 24.3 Å². The highest BCUT2D eigenvalue weighted by Crippen LogP contribution is 2.61. The van der Waals surface area contributed by atoms with Gasteiger partial charge in [0.05, 0.1) is 21.9 Å². The first-order chi connectivity index (χ1) is 14.4. The summed E-state index contributed by atoms with van der Waals surface area (Å²) < 4.78 is 0. The Balaban J connectivity index is 1.31. The van der Waals surface area contributed by atoms with Gasteiger partial charge in [-0.1, -0.05) is 53.5 Å². The van der Waals surface area contributed by atoms with E-state index in [1.54, 1.807) is 12.1 Å². The standard InChI is InChI=1S/C23H20Cl2N2O3/c24-17-7-6-14(10-18(17)25)26-19(28)11-27-22(29)20-13-8-15(12-4-2-1-3-5-12)16(9-13)21(20)23(27)30/h1-7,10,13,15-16,20-21H,8-9,11H2,(H,26,28)/t13-,15+,16-,20-,21+/m1/s1. The summed E-state index contributed by atoms with van der Waals surface area (Å²) in [5, 5.41) is 3.39. The molecule has 2 saturated carbocycles. The Labute approximate surface area is 184 Å². The maximum atomic E-state index is 13.1. The van der Waals surface area contributed by atoms with E-state index in [1.165, 1.54) is 11.6 Å². The summed E-state index contributed by atoms with van der Waals surface area (Å²) in [7, 11) is 0. The molecule has 2 aromatic rings. The number of carbonyl (C=O) groups is 3. The first kappa shape index (κ1) is 19.6. The molecular weight excluding hydrogens is 423 g/mol. The van der Waals surface area contributed by atoms with Gasteiger partial charge in [0, 0.05) is 5.69 Å². The molecule has 2 bridgehead atoms. The second-order valence-corrected chi connectivity index (χ2v) is 9.22. The van der Waals surface area contributed by atoms with Gasteiger partial charge >= 0.3 is 0 Å². The lowest BCUT2D eigenvalue weighted by molar-refractivity contribution is -0.143. The fraction of sp³-hybridized carbons (Fsp3) is 0.348. The normalized spacial score (nSPS) is 29.4. The molecule has 0 unspecified atom stereocenters. The number of hydrogen-bond donors (Lipinski definition) is 1. The van der Waals surface area contributed by atoms with Crippen molar-refractivity contribution in [2.24, 2.45) is 23.7 Å². The number of imide groups is 1. The summed E-state index contributed by atoms with van der Waals surface area (Å²) in [6.07, 6.45) is 1.84. The quantitative estimate of drug-likeness (QED) is 0.715. The van der Waals surface area contributed by atoms with Crippen LogP contribution < -0.4 is 5.32 Å². The van der Waals surface area contributed by atoms with E-state index < -0.39 is 5.91 Å². The van der Waals surface area contributed by atoms with Gasteiger partial charge in [-0.2, -0.15) is 0 Å². The number of halogens is 2. The van der Waals surface area contributed by atoms with Crippen molar-refractivity contribution in [1.82, 2.24) is 4.90 Å². The van der Waals surface area contributed by atoms with Crippen molar-refractivity contribution in [3.8, 4) is 0 Å². The highest BCUT2D eigenvalue weighted by Gasteiger charge is 2.63. The topological polar surface area (TPSA) is 66.5 Å². The number of nitrogens with one attached hydrogen (secondary N) is 1. The van der Waals surface area contributed by atoms with Gasteiger partial charge in [0.1, 0.15) is 6.54 Å². The van der Waals surface area contributed by atoms with Gasteiger partial charge in [0.2, 0.25) is 17.7 Å². The smallest absolute Gasteiger partial charge is 0.244 e. The third-order valence-corrected chi connectivity index (χ3v) is 7.58. The molecule has 1 aliphatic heterocycles. The first-order valence-corrected chi connectivity index (χ1v) is 10.8. The van der Waals surface area contributed by atoms with Crippen LogP contribution in [0, 0.1) is 23.7 Å². The number of fused-ring (bicyclic) bond motifs is 5. The summed E-state index contributed by atoms with van der Waals surface area (Å²) in [5.41, 5.74) is 1.71. The monoisotopic (exact) mass is 442 g/mol. The number of carbonyl (C=O) groups excluding carboxylic acids is 3. The minimum atomic E-state index is -0.429. The number of benzene rings is 2. The molecule has 1 N–H and O–H groups in total. The van der Waals surface area contributed by atoms with Gasteiger partial charge in [-0.05, 0) is 54.4 Å². The van der Waals surface area contributed by atoms with E-state index in [0.717, 1.165) is 17.7 Å². The zero-order valence-electron chi connectivity index (χ0n) is 16.1. The number of hydrogen-bond acceptors (Lipinski definition) is 3. The lowest BCUT2D eigenvalue weighted by Gasteiger charge is -2.28. The Kier molecular flexibility index (Phi) is 4.83. The van der Waals surface area contributed by atoms with Gasteiger partial charge in [-0.3, -0.25) is 19.3 Å². The van der Waals surface area contributed by atoms with Crippen molar-refractivity contribution in [2.45, 2.75) is 18.8 Å². The number of amides is 3. The largest absolute Gasteiger partial charge is 0.324 e. The van der Waals surface area contributed by atoms with Gasteiger partial charge < -0.3 is 5.32 Å². The van der Waals surface area contributed by atoms with E-state index >= 15 is 0 Å². The molecule has 30 heavy (non-hydrogen) atoms. The van der Waals surface area contributed by atoms with Crippen LogP contribution in [0.2, 0.25) is 10.0 Å². The fourth-order valence-corrected chi connectivity index (χ4v) is 5.98.